The van der Waals surface area contributed by atoms with Gasteiger partial charge >= 0.3 is 35.5 Å². The number of carbonyl (C=O) groups is 2. The maximum absolute atomic E-state index is 11.1. The van der Waals surface area contributed by atoms with E-state index >= 15 is 0 Å². The second kappa shape index (κ2) is 14.0. The summed E-state index contributed by atoms with van der Waals surface area (Å²) >= 11 is 0. The van der Waals surface area contributed by atoms with Gasteiger partial charge in [-0.2, -0.15) is 0 Å². The minimum atomic E-state index is -0.993. The van der Waals surface area contributed by atoms with Crippen LogP contribution in [0.5, 0.6) is 0 Å². The van der Waals surface area contributed by atoms with Gasteiger partial charge in [-0.3, -0.25) is 9.59 Å². The molecule has 0 saturated carbocycles. The smallest absolute Gasteiger partial charge is 1.00 e. The van der Waals surface area contributed by atoms with Crippen molar-refractivity contribution in [3.63, 3.8) is 0 Å². The molecule has 0 aromatic carbocycles. The first kappa shape index (κ1) is 19.3. The Morgan fingerprint density at radius 3 is 2.12 bits per heavy atom. The first-order chi connectivity index (χ1) is 7.66. The molecule has 0 saturated heterocycles. The molecule has 5 heteroatoms. The van der Waals surface area contributed by atoms with E-state index in [1.807, 2.05) is 0 Å². The van der Waals surface area contributed by atoms with E-state index in [0.29, 0.717) is 6.42 Å². The predicted octanol–water partition coefficient (Wildman–Crippen LogP) is -0.556. The normalized spacial score (nSPS) is 9.47. The Kier molecular flexibility index (Phi) is 15.9. The number of carboxylic acid groups (broad SMARTS) is 1. The SMILES string of the molecule is CCCCCCCCCC(=O)NCC(=O)O.[H-].[Na+]. The molecule has 0 atom stereocenters. The summed E-state index contributed by atoms with van der Waals surface area (Å²) in [5.74, 6) is -1.15. The van der Waals surface area contributed by atoms with E-state index in [2.05, 4.69) is 12.2 Å². The summed E-state index contributed by atoms with van der Waals surface area (Å²) in [7, 11) is 0. The monoisotopic (exact) mass is 253 g/mol. The zero-order valence-electron chi connectivity index (χ0n) is 12.1. The number of nitrogens with one attached hydrogen (secondary N) is 1. The van der Waals surface area contributed by atoms with Crippen molar-refractivity contribution in [1.82, 2.24) is 5.32 Å². The standard InChI is InChI=1S/C12H23NO3.Na.H/c1-2-3-4-5-6-7-8-9-11(14)13-10-12(15)16;;/h2-10H2,1H3,(H,13,14)(H,15,16);;/q;+1;-1. The number of aliphatic carboxylic acids is 1. The molecule has 0 aliphatic heterocycles. The molecule has 0 heterocycles. The van der Waals surface area contributed by atoms with Gasteiger partial charge in [0.2, 0.25) is 5.91 Å². The Labute approximate surface area is 127 Å². The molecule has 0 aliphatic carbocycles. The summed E-state index contributed by atoms with van der Waals surface area (Å²) in [6.45, 7) is 1.92. The molecule has 17 heavy (non-hydrogen) atoms. The molecule has 4 nitrogen and oxygen atoms in total. The maximum atomic E-state index is 11.1. The average Bonchev–Trinajstić information content (AvgIpc) is 2.25. The molecule has 0 rings (SSSR count). The number of carbonyl (C=O) groups excluding carboxylic acids is 1. The fourth-order valence-electron chi connectivity index (χ4n) is 1.51. The predicted molar refractivity (Wildman–Crippen MR) is 64.4 cm³/mol. The van der Waals surface area contributed by atoms with Gasteiger partial charge in [0.25, 0.3) is 0 Å². The van der Waals surface area contributed by atoms with Crippen LogP contribution in [0, 0.1) is 0 Å². The van der Waals surface area contributed by atoms with Gasteiger partial charge in [0.1, 0.15) is 6.54 Å². The van der Waals surface area contributed by atoms with Crippen molar-refractivity contribution < 1.29 is 45.7 Å². The van der Waals surface area contributed by atoms with Crippen molar-refractivity contribution in [2.45, 2.75) is 58.3 Å². The van der Waals surface area contributed by atoms with E-state index in [1.54, 1.807) is 0 Å². The third kappa shape index (κ3) is 15.9. The Bertz CT molecular complexity index is 215. The van der Waals surface area contributed by atoms with Gasteiger partial charge in [-0.1, -0.05) is 45.4 Å². The average molecular weight is 253 g/mol. The van der Waals surface area contributed by atoms with Crippen LogP contribution < -0.4 is 34.9 Å². The number of carboxylic acids is 1. The summed E-state index contributed by atoms with van der Waals surface area (Å²) in [6, 6.07) is 0. The molecule has 0 bridgehead atoms. The van der Waals surface area contributed by atoms with Crippen molar-refractivity contribution >= 4 is 11.9 Å². The Morgan fingerprint density at radius 2 is 1.59 bits per heavy atom. The van der Waals surface area contributed by atoms with Gasteiger partial charge in [0, 0.05) is 6.42 Å². The molecule has 0 spiro atoms. The van der Waals surface area contributed by atoms with Crippen LogP contribution in [0.2, 0.25) is 0 Å². The Balaban J connectivity index is -0.00000112. The molecule has 0 aromatic heterocycles. The maximum Gasteiger partial charge on any atom is 1.00 e. The van der Waals surface area contributed by atoms with Crippen LogP contribution in [0.3, 0.4) is 0 Å². The van der Waals surface area contributed by atoms with Crippen molar-refractivity contribution in [2.75, 3.05) is 6.54 Å². The zero-order chi connectivity index (χ0) is 12.2. The second-order valence-corrected chi connectivity index (χ2v) is 4.04. The van der Waals surface area contributed by atoms with Crippen LogP contribution >= 0.6 is 0 Å². The van der Waals surface area contributed by atoms with E-state index in [4.69, 9.17) is 5.11 Å². The van der Waals surface area contributed by atoms with Crippen LogP contribution in [-0.4, -0.2) is 23.5 Å². The third-order valence-corrected chi connectivity index (χ3v) is 2.44. The van der Waals surface area contributed by atoms with Crippen molar-refractivity contribution in [1.29, 1.82) is 0 Å². The number of amides is 1. The third-order valence-electron chi connectivity index (χ3n) is 2.44. The fraction of sp³-hybridized carbons (Fsp3) is 0.833. The van der Waals surface area contributed by atoms with Gasteiger partial charge in [0.15, 0.2) is 0 Å². The Morgan fingerprint density at radius 1 is 1.06 bits per heavy atom. The molecular formula is C12H24NNaO3. The summed E-state index contributed by atoms with van der Waals surface area (Å²) in [4.78, 5) is 21.3. The summed E-state index contributed by atoms with van der Waals surface area (Å²) < 4.78 is 0. The summed E-state index contributed by atoms with van der Waals surface area (Å²) in [5, 5.41) is 10.7. The first-order valence-electron chi connectivity index (χ1n) is 6.15. The number of hydrogen-bond acceptors (Lipinski definition) is 2. The molecule has 0 radical (unpaired) electrons. The summed E-state index contributed by atoms with van der Waals surface area (Å²) in [5.41, 5.74) is 0. The van der Waals surface area contributed by atoms with Gasteiger partial charge in [-0.15, -0.1) is 0 Å². The molecule has 96 valence electrons. The quantitative estimate of drug-likeness (QED) is 0.405. The molecule has 0 aromatic rings. The molecule has 0 fully saturated rings. The summed E-state index contributed by atoms with van der Waals surface area (Å²) in [6.07, 6.45) is 8.60. The van der Waals surface area contributed by atoms with Crippen LogP contribution in [0.1, 0.15) is 59.7 Å². The molecular weight excluding hydrogens is 229 g/mol. The van der Waals surface area contributed by atoms with E-state index in [9.17, 15) is 9.59 Å². The van der Waals surface area contributed by atoms with Crippen molar-refractivity contribution in [2.24, 2.45) is 0 Å². The fourth-order valence-corrected chi connectivity index (χ4v) is 1.51. The van der Waals surface area contributed by atoms with E-state index in [-0.39, 0.29) is 43.4 Å². The van der Waals surface area contributed by atoms with Gasteiger partial charge in [-0.25, -0.2) is 0 Å². The molecule has 0 aliphatic rings. The van der Waals surface area contributed by atoms with Crippen LogP contribution in [-0.2, 0) is 9.59 Å². The van der Waals surface area contributed by atoms with Crippen molar-refractivity contribution in [3.8, 4) is 0 Å². The van der Waals surface area contributed by atoms with Crippen molar-refractivity contribution in [3.05, 3.63) is 0 Å². The number of hydrogen-bond donors (Lipinski definition) is 2. The van der Waals surface area contributed by atoms with Gasteiger partial charge in [-0.05, 0) is 6.42 Å². The van der Waals surface area contributed by atoms with Gasteiger partial charge < -0.3 is 11.8 Å². The minimum Gasteiger partial charge on any atom is -1.00 e. The molecule has 1 amide bonds. The molecule has 0 unspecified atom stereocenters. The minimum absolute atomic E-state index is 0. The Hall–Kier alpha value is -0.0600. The topological polar surface area (TPSA) is 66.4 Å². The van der Waals surface area contributed by atoms with E-state index in [0.717, 1.165) is 12.8 Å². The first-order valence-corrected chi connectivity index (χ1v) is 6.15. The van der Waals surface area contributed by atoms with Crippen LogP contribution in [0.25, 0.3) is 0 Å². The van der Waals surface area contributed by atoms with Crippen LogP contribution in [0.15, 0.2) is 0 Å². The van der Waals surface area contributed by atoms with E-state index < -0.39 is 5.97 Å². The van der Waals surface area contributed by atoms with E-state index in [1.165, 1.54) is 32.1 Å². The largest absolute Gasteiger partial charge is 1.00 e. The second-order valence-electron chi connectivity index (χ2n) is 4.04. The zero-order valence-corrected chi connectivity index (χ0v) is 13.1. The van der Waals surface area contributed by atoms with Crippen LogP contribution in [0.4, 0.5) is 0 Å². The van der Waals surface area contributed by atoms with Gasteiger partial charge in [0.05, 0.1) is 0 Å². The number of unbranched alkanes of at least 4 members (excludes halogenated alkanes) is 6. The number of rotatable bonds is 10. The molecule has 2 N–H and O–H groups in total.